The van der Waals surface area contributed by atoms with E-state index in [4.69, 9.17) is 9.15 Å². The number of hydrogen-bond acceptors (Lipinski definition) is 6. The van der Waals surface area contributed by atoms with Crippen molar-refractivity contribution in [2.24, 2.45) is 0 Å². The van der Waals surface area contributed by atoms with E-state index in [1.54, 1.807) is 0 Å². The summed E-state index contributed by atoms with van der Waals surface area (Å²) < 4.78 is 12.5. The first kappa shape index (κ1) is 13.7. The van der Waals surface area contributed by atoms with Crippen molar-refractivity contribution in [3.8, 4) is 11.2 Å². The van der Waals surface area contributed by atoms with Gasteiger partial charge in [0.15, 0.2) is 0 Å². The Labute approximate surface area is 134 Å². The summed E-state index contributed by atoms with van der Waals surface area (Å²) >= 11 is 1.37. The van der Waals surface area contributed by atoms with E-state index in [1.807, 2.05) is 54.6 Å². The van der Waals surface area contributed by atoms with Crippen LogP contribution in [0.25, 0.3) is 15.3 Å². The number of para-hydroxylation sites is 1. The van der Waals surface area contributed by atoms with Crippen molar-refractivity contribution in [1.82, 2.24) is 14.8 Å². The predicted molar refractivity (Wildman–Crippen MR) is 86.1 cm³/mol. The van der Waals surface area contributed by atoms with Gasteiger partial charge in [-0.25, -0.2) is 9.78 Å². The van der Waals surface area contributed by atoms with Crippen LogP contribution in [0.2, 0.25) is 0 Å². The molecular weight excluding hydrogens is 314 g/mol. The van der Waals surface area contributed by atoms with E-state index < -0.39 is 5.76 Å². The fraction of sp³-hybridized carbons (Fsp3) is 0.0625. The zero-order valence-electron chi connectivity index (χ0n) is 11.9. The molecule has 114 valence electrons. The maximum Gasteiger partial charge on any atom is 0.446 e. The maximum absolute atomic E-state index is 11.9. The average molecular weight is 325 g/mol. The Bertz CT molecular complexity index is 971. The van der Waals surface area contributed by atoms with Gasteiger partial charge in [-0.2, -0.15) is 0 Å². The number of rotatable bonds is 4. The van der Waals surface area contributed by atoms with Gasteiger partial charge in [-0.05, 0) is 17.7 Å². The van der Waals surface area contributed by atoms with Crippen LogP contribution in [0, 0.1) is 0 Å². The molecule has 0 saturated carbocycles. The number of aromatic nitrogens is 3. The van der Waals surface area contributed by atoms with Gasteiger partial charge >= 0.3 is 11.8 Å². The highest BCUT2D eigenvalue weighted by atomic mass is 32.1. The molecule has 2 aromatic carbocycles. The first-order valence-electron chi connectivity index (χ1n) is 6.92. The Morgan fingerprint density at radius 3 is 2.70 bits per heavy atom. The molecule has 0 radical (unpaired) electrons. The highest BCUT2D eigenvalue weighted by molar-refractivity contribution is 7.20. The molecule has 2 aromatic heterocycles. The van der Waals surface area contributed by atoms with Crippen molar-refractivity contribution < 1.29 is 9.15 Å². The minimum Gasteiger partial charge on any atom is -0.444 e. The molecule has 23 heavy (non-hydrogen) atoms. The van der Waals surface area contributed by atoms with Gasteiger partial charge in [0.1, 0.15) is 6.61 Å². The second kappa shape index (κ2) is 5.69. The number of nitrogens with zero attached hydrogens (tertiary/aromatic N) is 3. The zero-order valence-corrected chi connectivity index (χ0v) is 12.7. The first-order chi connectivity index (χ1) is 11.3. The quantitative estimate of drug-likeness (QED) is 0.577. The molecule has 2 heterocycles. The number of hydrogen-bond donors (Lipinski definition) is 0. The Morgan fingerprint density at radius 1 is 1.09 bits per heavy atom. The largest absolute Gasteiger partial charge is 0.446 e. The van der Waals surface area contributed by atoms with E-state index in [0.717, 1.165) is 20.5 Å². The minimum atomic E-state index is -0.618. The van der Waals surface area contributed by atoms with Crippen LogP contribution >= 0.6 is 11.3 Å². The van der Waals surface area contributed by atoms with Crippen molar-refractivity contribution in [2.45, 2.75) is 6.61 Å². The summed E-state index contributed by atoms with van der Waals surface area (Å²) in [5, 5.41) is 4.51. The molecule has 4 rings (SSSR count). The second-order valence-corrected chi connectivity index (χ2v) is 5.79. The smallest absolute Gasteiger partial charge is 0.444 e. The summed E-state index contributed by atoms with van der Waals surface area (Å²) in [5.41, 5.74) is 1.78. The van der Waals surface area contributed by atoms with Crippen LogP contribution in [0.5, 0.6) is 6.08 Å². The molecule has 0 saturated heterocycles. The number of thiazole rings is 1. The van der Waals surface area contributed by atoms with Crippen LogP contribution in [0.15, 0.2) is 63.8 Å². The molecule has 0 spiro atoms. The zero-order chi connectivity index (χ0) is 15.6. The Balaban J connectivity index is 1.60. The highest BCUT2D eigenvalue weighted by Gasteiger charge is 2.14. The first-order valence-corrected chi connectivity index (χ1v) is 7.74. The van der Waals surface area contributed by atoms with Gasteiger partial charge in [-0.3, -0.25) is 0 Å². The van der Waals surface area contributed by atoms with Crippen LogP contribution in [0.3, 0.4) is 0 Å². The van der Waals surface area contributed by atoms with Crippen molar-refractivity contribution in [1.29, 1.82) is 0 Å². The lowest BCUT2D eigenvalue weighted by Gasteiger charge is -1.99. The van der Waals surface area contributed by atoms with E-state index in [2.05, 4.69) is 10.1 Å². The van der Waals surface area contributed by atoms with Crippen LogP contribution in [-0.4, -0.2) is 14.8 Å². The van der Waals surface area contributed by atoms with Gasteiger partial charge in [0, 0.05) is 0 Å². The maximum atomic E-state index is 11.9. The Hall–Kier alpha value is -2.93. The van der Waals surface area contributed by atoms with E-state index in [0.29, 0.717) is 5.13 Å². The molecule has 0 aliphatic carbocycles. The monoisotopic (exact) mass is 325 g/mol. The lowest BCUT2D eigenvalue weighted by atomic mass is 10.2. The third kappa shape index (κ3) is 2.74. The summed E-state index contributed by atoms with van der Waals surface area (Å²) in [6, 6.07) is 17.2. The van der Waals surface area contributed by atoms with Crippen molar-refractivity contribution in [3.63, 3.8) is 0 Å². The van der Waals surface area contributed by atoms with Gasteiger partial charge in [-0.15, -0.1) is 4.68 Å². The molecule has 0 fully saturated rings. The highest BCUT2D eigenvalue weighted by Crippen LogP contribution is 2.23. The summed E-state index contributed by atoms with van der Waals surface area (Å²) in [6.45, 7) is 0.278. The summed E-state index contributed by atoms with van der Waals surface area (Å²) in [7, 11) is 0. The van der Waals surface area contributed by atoms with Crippen LogP contribution in [-0.2, 0) is 6.61 Å². The molecule has 6 nitrogen and oxygen atoms in total. The molecular formula is C16H11N3O3S. The average Bonchev–Trinajstić information content (AvgIpc) is 3.17. The molecule has 4 aromatic rings. The number of ether oxygens (including phenoxy) is 1. The van der Waals surface area contributed by atoms with Crippen LogP contribution in [0.1, 0.15) is 5.56 Å². The third-order valence-corrected chi connectivity index (χ3v) is 4.21. The van der Waals surface area contributed by atoms with Crippen molar-refractivity contribution in [3.05, 3.63) is 70.7 Å². The molecule has 0 atom stereocenters. The normalized spacial score (nSPS) is 11.0. The summed E-state index contributed by atoms with van der Waals surface area (Å²) in [6.07, 6.45) is -0.0712. The van der Waals surface area contributed by atoms with Crippen LogP contribution in [0.4, 0.5) is 0 Å². The fourth-order valence-electron chi connectivity index (χ4n) is 2.11. The lowest BCUT2D eigenvalue weighted by Crippen LogP contribution is -2.12. The van der Waals surface area contributed by atoms with E-state index in [1.165, 1.54) is 11.3 Å². The summed E-state index contributed by atoms with van der Waals surface area (Å²) in [4.78, 5) is 16.3. The van der Waals surface area contributed by atoms with E-state index in [9.17, 15) is 4.79 Å². The molecule has 0 amide bonds. The Morgan fingerprint density at radius 2 is 1.87 bits per heavy atom. The molecule has 7 heteroatoms. The standard InChI is InChI=1S/C16H11N3O3S/c20-16-19(14-17-12-8-4-5-9-13(12)23-14)18-15(22-16)21-10-11-6-2-1-3-7-11/h1-9H,10H2. The van der Waals surface area contributed by atoms with Crippen molar-refractivity contribution >= 4 is 21.6 Å². The number of fused-ring (bicyclic) bond motifs is 1. The van der Waals surface area contributed by atoms with Crippen LogP contribution < -0.4 is 10.5 Å². The van der Waals surface area contributed by atoms with Gasteiger partial charge in [0.25, 0.3) is 0 Å². The topological polar surface area (TPSA) is 70.2 Å². The van der Waals surface area contributed by atoms with Gasteiger partial charge in [-0.1, -0.05) is 58.9 Å². The molecule has 0 aliphatic heterocycles. The molecule has 0 N–H and O–H groups in total. The molecule has 0 aliphatic rings. The predicted octanol–water partition coefficient (Wildman–Crippen LogP) is 3.01. The molecule has 0 bridgehead atoms. The minimum absolute atomic E-state index is 0.0712. The van der Waals surface area contributed by atoms with Gasteiger partial charge < -0.3 is 9.15 Å². The van der Waals surface area contributed by atoms with Crippen molar-refractivity contribution in [2.75, 3.05) is 0 Å². The SMILES string of the molecule is O=c1oc(OCc2ccccc2)nn1-c1nc2ccccc2s1. The second-order valence-electron chi connectivity index (χ2n) is 4.78. The van der Waals surface area contributed by atoms with E-state index >= 15 is 0 Å². The van der Waals surface area contributed by atoms with E-state index in [-0.39, 0.29) is 12.7 Å². The fourth-order valence-corrected chi connectivity index (χ4v) is 3.02. The molecule has 0 unspecified atom stereocenters. The number of benzene rings is 2. The van der Waals surface area contributed by atoms with Gasteiger partial charge in [0.05, 0.1) is 10.2 Å². The third-order valence-electron chi connectivity index (χ3n) is 3.20. The summed E-state index contributed by atoms with van der Waals surface area (Å²) in [5.74, 6) is -0.618. The Kier molecular flexibility index (Phi) is 3.39. The van der Waals surface area contributed by atoms with Gasteiger partial charge in [0.2, 0.25) is 5.13 Å². The lowest BCUT2D eigenvalue weighted by molar-refractivity contribution is 0.215.